The molecule has 0 fully saturated rings. The maximum atomic E-state index is 13.0. The number of nitrogens with two attached hydrogens (primary N) is 1. The van der Waals surface area contributed by atoms with E-state index in [1.54, 1.807) is 0 Å². The quantitative estimate of drug-likeness (QED) is 0.536. The highest BCUT2D eigenvalue weighted by atomic mass is 19.1. The van der Waals surface area contributed by atoms with Crippen molar-refractivity contribution in [2.75, 3.05) is 12.3 Å². The van der Waals surface area contributed by atoms with Gasteiger partial charge < -0.3 is 21.3 Å². The van der Waals surface area contributed by atoms with Gasteiger partial charge in [0.25, 0.3) is 5.91 Å². The molecule has 0 saturated carbocycles. The fraction of sp³-hybridized carbons (Fsp3) is 0.200. The lowest BCUT2D eigenvalue weighted by molar-refractivity contribution is -0.146. The number of para-hydroxylation sites is 1. The summed E-state index contributed by atoms with van der Waals surface area (Å²) in [5.41, 5.74) is 4.90. The van der Waals surface area contributed by atoms with Gasteiger partial charge in [-0.3, -0.25) is 4.79 Å². The smallest absolute Gasteiger partial charge is 0.334 e. The number of carboxylic acid groups (broad SMARTS) is 1. The Morgan fingerprint density at radius 2 is 2.12 bits per heavy atom. The van der Waals surface area contributed by atoms with E-state index < -0.39 is 30.3 Å². The summed E-state index contributed by atoms with van der Waals surface area (Å²) in [5.74, 6) is -2.95. The lowest BCUT2D eigenvalue weighted by Gasteiger charge is -2.09. The van der Waals surface area contributed by atoms with Gasteiger partial charge in [-0.25, -0.2) is 9.18 Å². The molecule has 0 bridgehead atoms. The lowest BCUT2D eigenvalue weighted by Crippen LogP contribution is -2.36. The van der Waals surface area contributed by atoms with Crippen molar-refractivity contribution in [2.24, 2.45) is 0 Å². The zero-order chi connectivity index (χ0) is 13.0. The van der Waals surface area contributed by atoms with Crippen molar-refractivity contribution < 1.29 is 24.2 Å². The fourth-order valence-corrected chi connectivity index (χ4v) is 1.11. The molecule has 1 rings (SSSR count). The second-order valence-corrected chi connectivity index (χ2v) is 3.27. The molecule has 5 N–H and O–H groups in total. The van der Waals surface area contributed by atoms with Crippen molar-refractivity contribution in [3.05, 3.63) is 29.6 Å². The number of amides is 1. The number of nitrogens with one attached hydrogen (secondary N) is 1. The highest BCUT2D eigenvalue weighted by molar-refractivity contribution is 5.99. The molecule has 1 aromatic rings. The normalized spacial score (nSPS) is 11.9. The average Bonchev–Trinajstić information content (AvgIpc) is 2.29. The average molecular weight is 242 g/mol. The zero-order valence-electron chi connectivity index (χ0n) is 8.68. The Labute approximate surface area is 95.9 Å². The maximum Gasteiger partial charge on any atom is 0.334 e. The molecule has 92 valence electrons. The van der Waals surface area contributed by atoms with Crippen LogP contribution in [0, 0.1) is 5.82 Å². The molecular formula is C10H11FN2O4. The Morgan fingerprint density at radius 1 is 1.47 bits per heavy atom. The number of aliphatic carboxylic acids is 1. The van der Waals surface area contributed by atoms with Crippen LogP contribution < -0.4 is 11.1 Å². The summed E-state index contributed by atoms with van der Waals surface area (Å²) in [4.78, 5) is 21.8. The lowest BCUT2D eigenvalue weighted by atomic mass is 10.1. The molecule has 0 aliphatic carbocycles. The van der Waals surface area contributed by atoms with Crippen LogP contribution in [0.1, 0.15) is 10.4 Å². The molecule has 0 spiro atoms. The molecule has 0 saturated heterocycles. The summed E-state index contributed by atoms with van der Waals surface area (Å²) in [7, 11) is 0. The van der Waals surface area contributed by atoms with Gasteiger partial charge >= 0.3 is 5.97 Å². The Morgan fingerprint density at radius 3 is 2.71 bits per heavy atom. The standard InChI is InChI=1S/C10H11FN2O4/c11-6-3-1-2-5(8(6)12)9(15)13-4-7(14)10(16)17/h1-3,7,14H,4,12H2,(H,13,15)(H,16,17)/t7-/m0/s1. The van der Waals surface area contributed by atoms with Crippen LogP contribution in [0.5, 0.6) is 0 Å². The van der Waals surface area contributed by atoms with E-state index in [1.165, 1.54) is 12.1 Å². The van der Waals surface area contributed by atoms with Crippen LogP contribution >= 0.6 is 0 Å². The molecule has 0 aliphatic heterocycles. The molecule has 0 heterocycles. The molecule has 1 atom stereocenters. The molecule has 1 aromatic carbocycles. The zero-order valence-corrected chi connectivity index (χ0v) is 8.68. The van der Waals surface area contributed by atoms with Gasteiger partial charge in [-0.15, -0.1) is 0 Å². The summed E-state index contributed by atoms with van der Waals surface area (Å²) in [5, 5.41) is 19.4. The van der Waals surface area contributed by atoms with Crippen molar-refractivity contribution in [1.82, 2.24) is 5.32 Å². The molecule has 0 radical (unpaired) electrons. The topological polar surface area (TPSA) is 113 Å². The van der Waals surface area contributed by atoms with Crippen LogP contribution in [-0.4, -0.2) is 34.7 Å². The second-order valence-electron chi connectivity index (χ2n) is 3.27. The summed E-state index contributed by atoms with van der Waals surface area (Å²) in [6.45, 7) is -0.482. The van der Waals surface area contributed by atoms with Crippen LogP contribution in [-0.2, 0) is 4.79 Å². The first-order chi connectivity index (χ1) is 7.93. The Kier molecular flexibility index (Phi) is 4.00. The molecule has 1 amide bonds. The molecule has 17 heavy (non-hydrogen) atoms. The Balaban J connectivity index is 2.71. The minimum Gasteiger partial charge on any atom is -0.479 e. The molecule has 6 nitrogen and oxygen atoms in total. The van der Waals surface area contributed by atoms with Crippen molar-refractivity contribution in [3.63, 3.8) is 0 Å². The van der Waals surface area contributed by atoms with Gasteiger partial charge in [0, 0.05) is 0 Å². The number of anilines is 1. The van der Waals surface area contributed by atoms with Crippen molar-refractivity contribution in [3.8, 4) is 0 Å². The first-order valence-electron chi connectivity index (χ1n) is 4.66. The first-order valence-corrected chi connectivity index (χ1v) is 4.66. The van der Waals surface area contributed by atoms with Crippen LogP contribution in [0.4, 0.5) is 10.1 Å². The third-order valence-corrected chi connectivity index (χ3v) is 2.04. The molecule has 0 unspecified atom stereocenters. The van der Waals surface area contributed by atoms with Crippen molar-refractivity contribution >= 4 is 17.6 Å². The number of rotatable bonds is 4. The number of nitrogen functional groups attached to an aromatic ring is 1. The number of halogens is 1. The van der Waals surface area contributed by atoms with Gasteiger partial charge in [-0.2, -0.15) is 0 Å². The van der Waals surface area contributed by atoms with Crippen LogP contribution in [0.25, 0.3) is 0 Å². The third-order valence-electron chi connectivity index (χ3n) is 2.04. The minimum absolute atomic E-state index is 0.109. The molecule has 0 aliphatic rings. The predicted octanol–water partition coefficient (Wildman–Crippen LogP) is -0.417. The number of hydrogen-bond donors (Lipinski definition) is 4. The molecule has 0 aromatic heterocycles. The number of aliphatic hydroxyl groups is 1. The van der Waals surface area contributed by atoms with E-state index in [9.17, 15) is 14.0 Å². The second kappa shape index (κ2) is 5.26. The summed E-state index contributed by atoms with van der Waals surface area (Å²) in [6, 6.07) is 3.69. The van der Waals surface area contributed by atoms with E-state index >= 15 is 0 Å². The summed E-state index contributed by atoms with van der Waals surface area (Å²) >= 11 is 0. The maximum absolute atomic E-state index is 13.0. The van der Waals surface area contributed by atoms with Gasteiger partial charge in [0.15, 0.2) is 6.10 Å². The van der Waals surface area contributed by atoms with Crippen molar-refractivity contribution in [2.45, 2.75) is 6.10 Å². The van der Waals surface area contributed by atoms with Crippen LogP contribution in [0.15, 0.2) is 18.2 Å². The first kappa shape index (κ1) is 12.9. The Hall–Kier alpha value is -2.15. The monoisotopic (exact) mass is 242 g/mol. The largest absolute Gasteiger partial charge is 0.479 e. The number of hydrogen-bond acceptors (Lipinski definition) is 4. The highest BCUT2D eigenvalue weighted by Crippen LogP contribution is 2.15. The predicted molar refractivity (Wildman–Crippen MR) is 56.8 cm³/mol. The number of carboxylic acids is 1. The minimum atomic E-state index is -1.71. The van der Waals surface area contributed by atoms with Gasteiger partial charge in [0.05, 0.1) is 17.8 Å². The SMILES string of the molecule is Nc1c(F)cccc1C(=O)NC[C@H](O)C(=O)O. The number of benzene rings is 1. The number of carbonyl (C=O) groups is 2. The van der Waals surface area contributed by atoms with E-state index in [-0.39, 0.29) is 11.3 Å². The van der Waals surface area contributed by atoms with Crippen LogP contribution in [0.2, 0.25) is 0 Å². The number of aliphatic hydroxyl groups excluding tert-OH is 1. The number of carbonyl (C=O) groups excluding carboxylic acids is 1. The van der Waals surface area contributed by atoms with E-state index in [2.05, 4.69) is 5.32 Å². The summed E-state index contributed by atoms with van der Waals surface area (Å²) < 4.78 is 13.0. The van der Waals surface area contributed by atoms with Crippen molar-refractivity contribution in [1.29, 1.82) is 0 Å². The highest BCUT2D eigenvalue weighted by Gasteiger charge is 2.17. The van der Waals surface area contributed by atoms with Gasteiger partial charge in [-0.1, -0.05) is 6.07 Å². The van der Waals surface area contributed by atoms with Crippen LogP contribution in [0.3, 0.4) is 0 Å². The van der Waals surface area contributed by atoms with E-state index in [1.807, 2.05) is 0 Å². The van der Waals surface area contributed by atoms with E-state index in [0.29, 0.717) is 0 Å². The van der Waals surface area contributed by atoms with E-state index in [0.717, 1.165) is 6.07 Å². The van der Waals surface area contributed by atoms with Gasteiger partial charge in [0.2, 0.25) is 0 Å². The van der Waals surface area contributed by atoms with Gasteiger partial charge in [0.1, 0.15) is 5.82 Å². The molecule has 7 heteroatoms. The fourth-order valence-electron chi connectivity index (χ4n) is 1.11. The third kappa shape index (κ3) is 3.15. The summed E-state index contributed by atoms with van der Waals surface area (Å²) in [6.07, 6.45) is -1.71. The van der Waals surface area contributed by atoms with E-state index in [4.69, 9.17) is 15.9 Å². The molecular weight excluding hydrogens is 231 g/mol. The Bertz CT molecular complexity index is 450. The van der Waals surface area contributed by atoms with Gasteiger partial charge in [-0.05, 0) is 12.1 Å².